The van der Waals surface area contributed by atoms with Gasteiger partial charge in [-0.25, -0.2) is 9.78 Å². The molecule has 172 valence electrons. The lowest BCUT2D eigenvalue weighted by Gasteiger charge is -2.35. The molecule has 3 aromatic rings. The first-order chi connectivity index (χ1) is 16.2. The highest BCUT2D eigenvalue weighted by Gasteiger charge is 2.30. The highest BCUT2D eigenvalue weighted by Crippen LogP contribution is 2.39. The van der Waals surface area contributed by atoms with E-state index in [4.69, 9.17) is 9.26 Å². The Kier molecular flexibility index (Phi) is 6.10. The van der Waals surface area contributed by atoms with Gasteiger partial charge in [0.15, 0.2) is 0 Å². The molecule has 2 aliphatic rings. The molecule has 2 amide bonds. The minimum atomic E-state index is -0.0185. The summed E-state index contributed by atoms with van der Waals surface area (Å²) in [5, 5.41) is 7.10. The second-order valence-corrected chi connectivity index (χ2v) is 8.44. The number of methoxy groups -OCH3 is 1. The lowest BCUT2D eigenvalue weighted by molar-refractivity contribution is 0.194. The van der Waals surface area contributed by atoms with E-state index < -0.39 is 0 Å². The maximum Gasteiger partial charge on any atom is 0.317 e. The Morgan fingerprint density at radius 3 is 2.58 bits per heavy atom. The number of pyridine rings is 1. The minimum Gasteiger partial charge on any atom is -0.497 e. The van der Waals surface area contributed by atoms with Crippen LogP contribution < -0.4 is 15.0 Å². The summed E-state index contributed by atoms with van der Waals surface area (Å²) in [5.41, 5.74) is 2.02. The van der Waals surface area contributed by atoms with Crippen LogP contribution in [0.2, 0.25) is 0 Å². The van der Waals surface area contributed by atoms with E-state index in [1.54, 1.807) is 13.3 Å². The van der Waals surface area contributed by atoms with Crippen molar-refractivity contribution in [2.75, 3.05) is 44.7 Å². The first-order valence-electron chi connectivity index (χ1n) is 11.4. The number of anilines is 1. The van der Waals surface area contributed by atoms with E-state index >= 15 is 0 Å². The van der Waals surface area contributed by atoms with Crippen LogP contribution >= 0.6 is 0 Å². The molecule has 2 fully saturated rings. The molecule has 9 nitrogen and oxygen atoms in total. The van der Waals surface area contributed by atoms with E-state index in [-0.39, 0.29) is 6.03 Å². The van der Waals surface area contributed by atoms with E-state index in [9.17, 15) is 4.79 Å². The third-order valence-electron chi connectivity index (χ3n) is 6.11. The van der Waals surface area contributed by atoms with Crippen molar-refractivity contribution >= 4 is 11.8 Å². The molecule has 0 atom stereocenters. The second kappa shape index (κ2) is 9.48. The monoisotopic (exact) mass is 448 g/mol. The van der Waals surface area contributed by atoms with Gasteiger partial charge in [-0.05, 0) is 49.1 Å². The van der Waals surface area contributed by atoms with Gasteiger partial charge >= 0.3 is 6.03 Å². The number of carbonyl (C=O) groups is 1. The number of aromatic nitrogens is 3. The molecule has 9 heteroatoms. The van der Waals surface area contributed by atoms with Crippen LogP contribution in [0.5, 0.6) is 5.75 Å². The van der Waals surface area contributed by atoms with E-state index in [0.29, 0.717) is 31.4 Å². The largest absolute Gasteiger partial charge is 0.497 e. The van der Waals surface area contributed by atoms with Crippen LogP contribution in [0.4, 0.5) is 10.6 Å². The van der Waals surface area contributed by atoms with Crippen molar-refractivity contribution in [3.8, 4) is 17.1 Å². The molecule has 1 aromatic carbocycles. The molecule has 0 unspecified atom stereocenters. The number of amides is 2. The molecule has 1 saturated carbocycles. The smallest absolute Gasteiger partial charge is 0.317 e. The quantitative estimate of drug-likeness (QED) is 0.593. The molecule has 2 aromatic heterocycles. The molecule has 1 N–H and O–H groups in total. The first-order valence-corrected chi connectivity index (χ1v) is 11.4. The Morgan fingerprint density at radius 2 is 1.91 bits per heavy atom. The highest BCUT2D eigenvalue weighted by atomic mass is 16.5. The van der Waals surface area contributed by atoms with Crippen LogP contribution in [0.15, 0.2) is 47.1 Å². The summed E-state index contributed by atoms with van der Waals surface area (Å²) in [4.78, 5) is 25.6. The Hall–Kier alpha value is -3.62. The van der Waals surface area contributed by atoms with Gasteiger partial charge in [-0.3, -0.25) is 0 Å². The van der Waals surface area contributed by atoms with Gasteiger partial charge < -0.3 is 24.4 Å². The second-order valence-electron chi connectivity index (χ2n) is 8.44. The summed E-state index contributed by atoms with van der Waals surface area (Å²) in [6, 6.07) is 11.8. The zero-order valence-corrected chi connectivity index (χ0v) is 18.7. The van der Waals surface area contributed by atoms with Crippen LogP contribution in [0.1, 0.15) is 30.2 Å². The standard InChI is InChI=1S/C24H28N6O3/c1-32-20-7-2-17(3-8-20)10-11-25-24(31)30-14-12-29(13-15-30)21-9-6-19(16-26-21)22-27-23(33-28-22)18-4-5-18/h2-3,6-9,16,18H,4-5,10-15H2,1H3,(H,25,31). The summed E-state index contributed by atoms with van der Waals surface area (Å²) in [7, 11) is 1.65. The third kappa shape index (κ3) is 5.08. The molecule has 1 aliphatic carbocycles. The van der Waals surface area contributed by atoms with Crippen molar-refractivity contribution in [3.05, 3.63) is 54.0 Å². The Bertz CT molecular complexity index is 1070. The molecule has 1 saturated heterocycles. The number of urea groups is 1. The zero-order valence-electron chi connectivity index (χ0n) is 18.7. The molecule has 1 aliphatic heterocycles. The van der Waals surface area contributed by atoms with Crippen LogP contribution in [-0.2, 0) is 6.42 Å². The normalized spacial score (nSPS) is 16.0. The van der Waals surface area contributed by atoms with Crippen LogP contribution in [-0.4, -0.2) is 65.9 Å². The molecule has 5 rings (SSSR count). The number of hydrogen-bond donors (Lipinski definition) is 1. The molecule has 33 heavy (non-hydrogen) atoms. The van der Waals surface area contributed by atoms with E-state index in [1.165, 1.54) is 5.56 Å². The highest BCUT2D eigenvalue weighted by molar-refractivity contribution is 5.74. The van der Waals surface area contributed by atoms with Crippen molar-refractivity contribution < 1.29 is 14.1 Å². The maximum absolute atomic E-state index is 12.5. The van der Waals surface area contributed by atoms with E-state index in [2.05, 4.69) is 25.3 Å². The molecule has 3 heterocycles. The van der Waals surface area contributed by atoms with Crippen LogP contribution in [0, 0.1) is 0 Å². The summed E-state index contributed by atoms with van der Waals surface area (Å²) in [5.74, 6) is 3.49. The molecule has 0 bridgehead atoms. The van der Waals surface area contributed by atoms with Gasteiger partial charge in [0.2, 0.25) is 11.7 Å². The van der Waals surface area contributed by atoms with Crippen molar-refractivity contribution in [3.63, 3.8) is 0 Å². The Morgan fingerprint density at radius 1 is 1.12 bits per heavy atom. The lowest BCUT2D eigenvalue weighted by Crippen LogP contribution is -2.52. The van der Waals surface area contributed by atoms with Gasteiger partial charge in [0, 0.05) is 50.4 Å². The van der Waals surface area contributed by atoms with Gasteiger partial charge in [0.25, 0.3) is 0 Å². The van der Waals surface area contributed by atoms with Crippen molar-refractivity contribution in [1.29, 1.82) is 0 Å². The molecular weight excluding hydrogens is 420 g/mol. The van der Waals surface area contributed by atoms with Crippen molar-refractivity contribution in [2.45, 2.75) is 25.2 Å². The van der Waals surface area contributed by atoms with Gasteiger partial charge in [-0.15, -0.1) is 0 Å². The fraction of sp³-hybridized carbons (Fsp3) is 0.417. The number of carbonyl (C=O) groups excluding carboxylic acids is 1. The number of piperazine rings is 1. The van der Waals surface area contributed by atoms with Crippen molar-refractivity contribution in [2.24, 2.45) is 0 Å². The summed E-state index contributed by atoms with van der Waals surface area (Å²) >= 11 is 0. The van der Waals surface area contributed by atoms with Crippen LogP contribution in [0.25, 0.3) is 11.4 Å². The molecule has 0 radical (unpaired) electrons. The summed E-state index contributed by atoms with van der Waals surface area (Å²) in [6.07, 6.45) is 4.83. The van der Waals surface area contributed by atoms with E-state index in [0.717, 1.165) is 55.4 Å². The number of rotatable bonds is 7. The van der Waals surface area contributed by atoms with Gasteiger partial charge in [0.1, 0.15) is 11.6 Å². The van der Waals surface area contributed by atoms with Crippen molar-refractivity contribution in [1.82, 2.24) is 25.3 Å². The molecule has 0 spiro atoms. The number of nitrogens with one attached hydrogen (secondary N) is 1. The minimum absolute atomic E-state index is 0.0185. The Balaban J connectivity index is 1.08. The fourth-order valence-corrected chi connectivity index (χ4v) is 3.91. The Labute approximate surface area is 192 Å². The predicted octanol–water partition coefficient (Wildman–Crippen LogP) is 3.09. The lowest BCUT2D eigenvalue weighted by atomic mass is 10.1. The predicted molar refractivity (Wildman–Crippen MR) is 123 cm³/mol. The number of benzene rings is 1. The first kappa shape index (κ1) is 21.2. The van der Waals surface area contributed by atoms with Gasteiger partial charge in [-0.2, -0.15) is 4.98 Å². The number of hydrogen-bond acceptors (Lipinski definition) is 7. The number of nitrogens with zero attached hydrogens (tertiary/aromatic N) is 5. The zero-order chi connectivity index (χ0) is 22.6. The third-order valence-corrected chi connectivity index (χ3v) is 6.11. The van der Waals surface area contributed by atoms with Gasteiger partial charge in [0.05, 0.1) is 7.11 Å². The SMILES string of the molecule is COc1ccc(CCNC(=O)N2CCN(c3ccc(-c4noc(C5CC5)n4)cn3)CC2)cc1. The average Bonchev–Trinajstić information content (AvgIpc) is 3.61. The average molecular weight is 449 g/mol. The maximum atomic E-state index is 12.5. The topological polar surface area (TPSA) is 96.6 Å². The van der Waals surface area contributed by atoms with Gasteiger partial charge in [-0.1, -0.05) is 17.3 Å². The summed E-state index contributed by atoms with van der Waals surface area (Å²) in [6.45, 7) is 3.41. The fourth-order valence-electron chi connectivity index (χ4n) is 3.91. The van der Waals surface area contributed by atoms with Crippen LogP contribution in [0.3, 0.4) is 0 Å². The number of ether oxygens (including phenoxy) is 1. The molecular formula is C24H28N6O3. The summed E-state index contributed by atoms with van der Waals surface area (Å²) < 4.78 is 10.5. The van der Waals surface area contributed by atoms with E-state index in [1.807, 2.05) is 41.3 Å².